The van der Waals surface area contributed by atoms with Crippen LogP contribution in [0.2, 0.25) is 0 Å². The maximum absolute atomic E-state index is 13.2. The van der Waals surface area contributed by atoms with Gasteiger partial charge in [0.1, 0.15) is 32.8 Å². The lowest BCUT2D eigenvalue weighted by atomic mass is 9.82. The lowest BCUT2D eigenvalue weighted by Gasteiger charge is -2.43. The van der Waals surface area contributed by atoms with E-state index < -0.39 is 5.60 Å². The summed E-state index contributed by atoms with van der Waals surface area (Å²) in [6.45, 7) is 2.80. The van der Waals surface area contributed by atoms with Crippen molar-refractivity contribution in [2.24, 2.45) is 0 Å². The van der Waals surface area contributed by atoms with E-state index in [4.69, 9.17) is 9.47 Å². The fraction of sp³-hybridized carbons (Fsp3) is 0.320. The number of carbonyl (C=O) groups excluding carboxylic acids is 2. The maximum Gasteiger partial charge on any atom is 0.265 e. The van der Waals surface area contributed by atoms with Crippen LogP contribution in [0, 0.1) is 12.7 Å². The number of rotatable bonds is 3. The number of likely N-dealkylation sites (tertiary alicyclic amines) is 1. The van der Waals surface area contributed by atoms with E-state index in [1.807, 2.05) is 6.92 Å². The predicted octanol–water partition coefficient (Wildman–Crippen LogP) is 4.91. The molecule has 5 rings (SSSR count). The van der Waals surface area contributed by atoms with Gasteiger partial charge in [0.05, 0.1) is 24.8 Å². The number of thiazole rings is 1. The molecule has 0 saturated carbocycles. The number of Topliss-reactive ketones (excluding diaryl/α,β-unsaturated/α-hetero) is 1. The van der Waals surface area contributed by atoms with Crippen molar-refractivity contribution < 1.29 is 23.5 Å². The highest BCUT2D eigenvalue weighted by Gasteiger charge is 2.44. The van der Waals surface area contributed by atoms with Gasteiger partial charge in [0.2, 0.25) is 0 Å². The fourth-order valence-corrected chi connectivity index (χ4v) is 5.49. The van der Waals surface area contributed by atoms with E-state index >= 15 is 0 Å². The van der Waals surface area contributed by atoms with Crippen LogP contribution in [-0.4, -0.2) is 47.4 Å². The lowest BCUT2D eigenvalue weighted by Crippen LogP contribution is -2.52. The van der Waals surface area contributed by atoms with E-state index in [9.17, 15) is 14.0 Å². The topological polar surface area (TPSA) is 68.7 Å². The number of ketones is 1. The molecule has 0 unspecified atom stereocenters. The second-order valence-electron chi connectivity index (χ2n) is 8.48. The van der Waals surface area contributed by atoms with Crippen LogP contribution in [0.25, 0.3) is 10.6 Å². The highest BCUT2D eigenvalue weighted by Crippen LogP contribution is 2.41. The summed E-state index contributed by atoms with van der Waals surface area (Å²) in [5.74, 6) is 0.866. The number of hydrogen-bond acceptors (Lipinski definition) is 6. The van der Waals surface area contributed by atoms with E-state index in [1.165, 1.54) is 23.5 Å². The zero-order valence-electron chi connectivity index (χ0n) is 18.4. The SMILES string of the molecule is COc1ccc2c(c1)OC1(CCN(C(=O)c3sc(-c4ccc(F)cc4)nc3C)CC1)CC2=O. The second kappa shape index (κ2) is 8.26. The summed E-state index contributed by atoms with van der Waals surface area (Å²) < 4.78 is 24.8. The Morgan fingerprint density at radius 3 is 2.61 bits per heavy atom. The standard InChI is InChI=1S/C25H23FN2O4S/c1-15-22(33-23(27-15)16-3-5-17(26)6-4-16)24(30)28-11-9-25(10-12-28)14-20(29)19-8-7-18(31-2)13-21(19)32-25/h3-8,13H,9-12,14H2,1-2H3. The molecule has 2 aliphatic heterocycles. The van der Waals surface area contributed by atoms with Gasteiger partial charge in [-0.05, 0) is 43.3 Å². The molecule has 1 fully saturated rings. The monoisotopic (exact) mass is 466 g/mol. The van der Waals surface area contributed by atoms with Crippen molar-refractivity contribution in [3.05, 3.63) is 64.4 Å². The van der Waals surface area contributed by atoms with Crippen LogP contribution in [0.3, 0.4) is 0 Å². The first-order valence-electron chi connectivity index (χ1n) is 10.8. The van der Waals surface area contributed by atoms with Gasteiger partial charge in [0.15, 0.2) is 5.78 Å². The summed E-state index contributed by atoms with van der Waals surface area (Å²) in [4.78, 5) is 32.9. The average Bonchev–Trinajstić information content (AvgIpc) is 3.20. The molecule has 0 N–H and O–H groups in total. The van der Waals surface area contributed by atoms with E-state index in [0.29, 0.717) is 65.0 Å². The van der Waals surface area contributed by atoms with Gasteiger partial charge in [-0.3, -0.25) is 9.59 Å². The highest BCUT2D eigenvalue weighted by molar-refractivity contribution is 7.17. The zero-order chi connectivity index (χ0) is 23.2. The summed E-state index contributed by atoms with van der Waals surface area (Å²) in [6.07, 6.45) is 1.45. The van der Waals surface area contributed by atoms with Crippen LogP contribution < -0.4 is 9.47 Å². The Balaban J connectivity index is 1.31. The number of ether oxygens (including phenoxy) is 2. The number of aryl methyl sites for hydroxylation is 1. The van der Waals surface area contributed by atoms with Gasteiger partial charge in [0.25, 0.3) is 5.91 Å². The van der Waals surface area contributed by atoms with Crippen molar-refractivity contribution in [3.63, 3.8) is 0 Å². The Hall–Kier alpha value is -3.26. The Morgan fingerprint density at radius 2 is 1.91 bits per heavy atom. The predicted molar refractivity (Wildman–Crippen MR) is 123 cm³/mol. The molecule has 0 aliphatic carbocycles. The number of aromatic nitrogens is 1. The Morgan fingerprint density at radius 1 is 1.18 bits per heavy atom. The number of piperidine rings is 1. The number of hydrogen-bond donors (Lipinski definition) is 0. The quantitative estimate of drug-likeness (QED) is 0.549. The van der Waals surface area contributed by atoms with Gasteiger partial charge >= 0.3 is 0 Å². The van der Waals surface area contributed by atoms with E-state index in [0.717, 1.165) is 5.56 Å². The van der Waals surface area contributed by atoms with Gasteiger partial charge in [-0.1, -0.05) is 0 Å². The smallest absolute Gasteiger partial charge is 0.265 e. The number of amides is 1. The molecule has 0 atom stereocenters. The minimum atomic E-state index is -0.602. The fourth-order valence-electron chi connectivity index (χ4n) is 4.45. The van der Waals surface area contributed by atoms with Crippen LogP contribution in [0.15, 0.2) is 42.5 Å². The molecule has 1 saturated heterocycles. The maximum atomic E-state index is 13.2. The van der Waals surface area contributed by atoms with E-state index in [2.05, 4.69) is 4.98 Å². The number of carbonyl (C=O) groups is 2. The normalized spacial score (nSPS) is 16.9. The van der Waals surface area contributed by atoms with Crippen LogP contribution in [0.1, 0.15) is 45.0 Å². The summed E-state index contributed by atoms with van der Waals surface area (Å²) in [5.41, 5.74) is 1.42. The van der Waals surface area contributed by atoms with E-state index in [-0.39, 0.29) is 17.5 Å². The third-order valence-corrected chi connectivity index (χ3v) is 7.54. The van der Waals surface area contributed by atoms with Crippen LogP contribution in [0.4, 0.5) is 4.39 Å². The molecular formula is C25H23FN2O4S. The number of fused-ring (bicyclic) bond motifs is 1. The second-order valence-corrected chi connectivity index (χ2v) is 9.48. The minimum Gasteiger partial charge on any atom is -0.497 e. The molecule has 3 aromatic rings. The average molecular weight is 467 g/mol. The molecular weight excluding hydrogens is 443 g/mol. The summed E-state index contributed by atoms with van der Waals surface area (Å²) >= 11 is 1.32. The first kappa shape index (κ1) is 21.6. The molecule has 0 radical (unpaired) electrons. The first-order chi connectivity index (χ1) is 15.9. The molecule has 33 heavy (non-hydrogen) atoms. The number of benzene rings is 2. The van der Waals surface area contributed by atoms with Crippen LogP contribution in [0.5, 0.6) is 11.5 Å². The van der Waals surface area contributed by atoms with Crippen molar-refractivity contribution in [2.45, 2.75) is 31.8 Å². The molecule has 2 aromatic carbocycles. The largest absolute Gasteiger partial charge is 0.497 e. The summed E-state index contributed by atoms with van der Waals surface area (Å²) in [6, 6.07) is 11.4. The minimum absolute atomic E-state index is 0.0564. The van der Waals surface area contributed by atoms with Gasteiger partial charge < -0.3 is 14.4 Å². The number of halogens is 1. The molecule has 0 bridgehead atoms. The molecule has 1 spiro atoms. The molecule has 6 nitrogen and oxygen atoms in total. The Labute approximate surface area is 195 Å². The molecule has 8 heteroatoms. The van der Waals surface area contributed by atoms with Crippen molar-refractivity contribution in [1.29, 1.82) is 0 Å². The molecule has 1 amide bonds. The Kier molecular flexibility index (Phi) is 5.40. The first-order valence-corrected chi connectivity index (χ1v) is 11.6. The molecule has 2 aliphatic rings. The van der Waals surface area contributed by atoms with E-state index in [1.54, 1.807) is 42.3 Å². The van der Waals surface area contributed by atoms with Crippen molar-refractivity contribution >= 4 is 23.0 Å². The van der Waals surface area contributed by atoms with Gasteiger partial charge in [-0.15, -0.1) is 11.3 Å². The number of nitrogens with zero attached hydrogens (tertiary/aromatic N) is 2. The summed E-state index contributed by atoms with van der Waals surface area (Å²) in [7, 11) is 1.58. The molecule has 3 heterocycles. The Bertz CT molecular complexity index is 1230. The van der Waals surface area contributed by atoms with Crippen molar-refractivity contribution in [3.8, 4) is 22.1 Å². The third kappa shape index (κ3) is 3.99. The van der Waals surface area contributed by atoms with Gasteiger partial charge in [-0.2, -0.15) is 0 Å². The van der Waals surface area contributed by atoms with Gasteiger partial charge in [-0.25, -0.2) is 9.37 Å². The van der Waals surface area contributed by atoms with Crippen LogP contribution >= 0.6 is 11.3 Å². The lowest BCUT2D eigenvalue weighted by molar-refractivity contribution is -0.00570. The molecule has 1 aromatic heterocycles. The van der Waals surface area contributed by atoms with Crippen molar-refractivity contribution in [2.75, 3.05) is 20.2 Å². The number of methoxy groups -OCH3 is 1. The van der Waals surface area contributed by atoms with Crippen molar-refractivity contribution in [1.82, 2.24) is 9.88 Å². The zero-order valence-corrected chi connectivity index (χ0v) is 19.2. The summed E-state index contributed by atoms with van der Waals surface area (Å²) in [5, 5.41) is 0.691. The van der Waals surface area contributed by atoms with Gasteiger partial charge in [0, 0.05) is 37.6 Å². The van der Waals surface area contributed by atoms with Crippen LogP contribution in [-0.2, 0) is 0 Å². The highest BCUT2D eigenvalue weighted by atomic mass is 32.1. The third-order valence-electron chi connectivity index (χ3n) is 6.34. The molecule has 170 valence electrons.